The van der Waals surface area contributed by atoms with Crippen molar-refractivity contribution in [3.8, 4) is 11.4 Å². The van der Waals surface area contributed by atoms with Crippen molar-refractivity contribution in [1.82, 2.24) is 19.4 Å². The van der Waals surface area contributed by atoms with E-state index in [2.05, 4.69) is 25.5 Å². The van der Waals surface area contributed by atoms with Gasteiger partial charge in [0.05, 0.1) is 18.8 Å². The molecular formula is C20H24N4O2. The number of rotatable bonds is 5. The highest BCUT2D eigenvalue weighted by Gasteiger charge is 2.13. The highest BCUT2D eigenvalue weighted by Crippen LogP contribution is 2.19. The molecule has 1 aliphatic rings. The van der Waals surface area contributed by atoms with Gasteiger partial charge in [0, 0.05) is 44.1 Å². The average Bonchev–Trinajstić information content (AvgIpc) is 3.10. The summed E-state index contributed by atoms with van der Waals surface area (Å²) in [4.78, 5) is 22.4. The number of ether oxygens (including phenoxy) is 1. The van der Waals surface area contributed by atoms with Crippen molar-refractivity contribution in [3.05, 3.63) is 52.6 Å². The molecule has 0 unspecified atom stereocenters. The molecule has 0 amide bonds. The quantitative estimate of drug-likeness (QED) is 0.766. The molecule has 3 heterocycles. The van der Waals surface area contributed by atoms with Crippen LogP contribution in [0.25, 0.3) is 22.3 Å². The van der Waals surface area contributed by atoms with Gasteiger partial charge in [-0.2, -0.15) is 0 Å². The number of pyridine rings is 1. The van der Waals surface area contributed by atoms with E-state index in [4.69, 9.17) is 4.74 Å². The molecule has 0 aliphatic carbocycles. The molecule has 136 valence electrons. The van der Waals surface area contributed by atoms with Gasteiger partial charge in [0.15, 0.2) is 0 Å². The number of aromatic amines is 1. The number of hydrogen-bond donors (Lipinski definition) is 1. The first-order valence-electron chi connectivity index (χ1n) is 9.16. The van der Waals surface area contributed by atoms with Crippen molar-refractivity contribution >= 4 is 10.9 Å². The number of nitrogens with zero attached hydrogens (tertiary/aromatic N) is 3. The minimum atomic E-state index is -0.0938. The summed E-state index contributed by atoms with van der Waals surface area (Å²) in [5, 5.41) is 1.02. The number of H-pyrrole nitrogens is 1. The Balaban J connectivity index is 1.54. The van der Waals surface area contributed by atoms with Crippen LogP contribution in [0.5, 0.6) is 0 Å². The summed E-state index contributed by atoms with van der Waals surface area (Å²) in [6.45, 7) is 7.55. The zero-order valence-electron chi connectivity index (χ0n) is 15.1. The van der Waals surface area contributed by atoms with Gasteiger partial charge in [-0.1, -0.05) is 12.1 Å². The summed E-state index contributed by atoms with van der Waals surface area (Å²) in [5.74, 6) is 0.732. The highest BCUT2D eigenvalue weighted by atomic mass is 16.5. The third-order valence-electron chi connectivity index (χ3n) is 4.93. The molecule has 0 saturated carbocycles. The van der Waals surface area contributed by atoms with E-state index in [0.29, 0.717) is 5.56 Å². The summed E-state index contributed by atoms with van der Waals surface area (Å²) in [7, 11) is 0. The highest BCUT2D eigenvalue weighted by molar-refractivity contribution is 5.82. The second-order valence-electron chi connectivity index (χ2n) is 6.85. The second-order valence-corrected chi connectivity index (χ2v) is 6.85. The third-order valence-corrected chi connectivity index (χ3v) is 4.93. The Morgan fingerprint density at radius 3 is 2.88 bits per heavy atom. The molecule has 3 aromatic rings. The molecule has 1 aliphatic heterocycles. The molecule has 1 aromatic carbocycles. The van der Waals surface area contributed by atoms with Gasteiger partial charge in [0.1, 0.15) is 5.82 Å². The zero-order valence-corrected chi connectivity index (χ0v) is 15.1. The van der Waals surface area contributed by atoms with Crippen molar-refractivity contribution in [2.24, 2.45) is 0 Å². The maximum absolute atomic E-state index is 12.6. The zero-order chi connectivity index (χ0) is 17.9. The van der Waals surface area contributed by atoms with Gasteiger partial charge < -0.3 is 14.3 Å². The lowest BCUT2D eigenvalue weighted by Crippen LogP contribution is -2.37. The average molecular weight is 352 g/mol. The first-order valence-corrected chi connectivity index (χ1v) is 9.16. The molecule has 2 aromatic heterocycles. The van der Waals surface area contributed by atoms with Crippen LogP contribution < -0.4 is 5.56 Å². The van der Waals surface area contributed by atoms with Crippen molar-refractivity contribution in [2.45, 2.75) is 19.9 Å². The van der Waals surface area contributed by atoms with Gasteiger partial charge in [-0.25, -0.2) is 4.98 Å². The van der Waals surface area contributed by atoms with E-state index >= 15 is 0 Å². The summed E-state index contributed by atoms with van der Waals surface area (Å²) in [5.41, 5.74) is 2.52. The van der Waals surface area contributed by atoms with Gasteiger partial charge in [0.2, 0.25) is 0 Å². The Morgan fingerprint density at radius 1 is 1.19 bits per heavy atom. The lowest BCUT2D eigenvalue weighted by atomic mass is 10.1. The van der Waals surface area contributed by atoms with Crippen LogP contribution in [0.1, 0.15) is 12.0 Å². The number of aromatic nitrogens is 3. The number of aryl methyl sites for hydroxylation is 2. The Labute approximate surface area is 152 Å². The lowest BCUT2D eigenvalue weighted by molar-refractivity contribution is 0.0369. The van der Waals surface area contributed by atoms with E-state index in [1.807, 2.05) is 31.3 Å². The van der Waals surface area contributed by atoms with E-state index in [1.165, 1.54) is 0 Å². The molecule has 0 atom stereocenters. The van der Waals surface area contributed by atoms with Crippen LogP contribution in [0.15, 0.2) is 41.5 Å². The fourth-order valence-electron chi connectivity index (χ4n) is 3.50. The number of imidazole rings is 1. The van der Waals surface area contributed by atoms with Crippen LogP contribution in [-0.2, 0) is 11.3 Å². The van der Waals surface area contributed by atoms with Gasteiger partial charge in [0.25, 0.3) is 5.56 Å². The van der Waals surface area contributed by atoms with E-state index in [1.54, 1.807) is 6.20 Å². The normalized spacial score (nSPS) is 15.6. The van der Waals surface area contributed by atoms with Crippen LogP contribution in [0.2, 0.25) is 0 Å². The molecule has 0 radical (unpaired) electrons. The molecular weight excluding hydrogens is 328 g/mol. The van der Waals surface area contributed by atoms with E-state index in [-0.39, 0.29) is 5.56 Å². The summed E-state index contributed by atoms with van der Waals surface area (Å²) in [6, 6.07) is 8.03. The van der Waals surface area contributed by atoms with E-state index in [0.717, 1.165) is 68.1 Å². The van der Waals surface area contributed by atoms with Crippen molar-refractivity contribution in [2.75, 3.05) is 32.8 Å². The smallest absolute Gasteiger partial charge is 0.259 e. The molecule has 6 nitrogen and oxygen atoms in total. The number of fused-ring (bicyclic) bond motifs is 1. The maximum Gasteiger partial charge on any atom is 0.259 e. The van der Waals surface area contributed by atoms with E-state index in [9.17, 15) is 4.79 Å². The summed E-state index contributed by atoms with van der Waals surface area (Å²) < 4.78 is 7.46. The summed E-state index contributed by atoms with van der Waals surface area (Å²) in [6.07, 6.45) is 4.74. The van der Waals surface area contributed by atoms with Crippen LogP contribution >= 0.6 is 0 Å². The maximum atomic E-state index is 12.6. The monoisotopic (exact) mass is 352 g/mol. The number of morpholine rings is 1. The Bertz CT molecular complexity index is 954. The molecule has 1 fully saturated rings. The Morgan fingerprint density at radius 2 is 2.04 bits per heavy atom. The van der Waals surface area contributed by atoms with Gasteiger partial charge in [-0.05, 0) is 36.4 Å². The fourth-order valence-corrected chi connectivity index (χ4v) is 3.50. The van der Waals surface area contributed by atoms with Crippen molar-refractivity contribution < 1.29 is 4.74 Å². The largest absolute Gasteiger partial charge is 0.379 e. The van der Waals surface area contributed by atoms with Crippen LogP contribution in [0.4, 0.5) is 0 Å². The van der Waals surface area contributed by atoms with Crippen molar-refractivity contribution in [1.29, 1.82) is 0 Å². The standard InChI is InChI=1S/C20H24N4O2/c1-15-3-4-16-14-17(20(25)22-18(16)13-15)19-21-5-8-24(19)7-2-6-23-9-11-26-12-10-23/h3-5,8,13-14H,2,6-7,9-12H2,1H3,(H,22,25). The molecule has 1 N–H and O–H groups in total. The third kappa shape index (κ3) is 3.57. The molecule has 26 heavy (non-hydrogen) atoms. The summed E-state index contributed by atoms with van der Waals surface area (Å²) >= 11 is 0. The molecule has 1 saturated heterocycles. The fraction of sp³-hybridized carbons (Fsp3) is 0.400. The topological polar surface area (TPSA) is 63.1 Å². The van der Waals surface area contributed by atoms with Gasteiger partial charge >= 0.3 is 0 Å². The number of hydrogen-bond acceptors (Lipinski definition) is 4. The van der Waals surface area contributed by atoms with Crippen molar-refractivity contribution in [3.63, 3.8) is 0 Å². The Hall–Kier alpha value is -2.44. The predicted molar refractivity (Wildman–Crippen MR) is 102 cm³/mol. The van der Waals surface area contributed by atoms with Crippen LogP contribution in [0, 0.1) is 6.92 Å². The van der Waals surface area contributed by atoms with E-state index < -0.39 is 0 Å². The first-order chi connectivity index (χ1) is 12.7. The first kappa shape index (κ1) is 17.0. The molecule has 6 heteroatoms. The van der Waals surface area contributed by atoms with Crippen LogP contribution in [-0.4, -0.2) is 52.3 Å². The lowest BCUT2D eigenvalue weighted by Gasteiger charge is -2.26. The number of nitrogens with one attached hydrogen (secondary N) is 1. The van der Waals surface area contributed by atoms with Crippen LogP contribution in [0.3, 0.4) is 0 Å². The van der Waals surface area contributed by atoms with Gasteiger partial charge in [-0.3, -0.25) is 9.69 Å². The predicted octanol–water partition coefficient (Wildman–Crippen LogP) is 2.42. The minimum Gasteiger partial charge on any atom is -0.379 e. The minimum absolute atomic E-state index is 0.0938. The number of benzene rings is 1. The van der Waals surface area contributed by atoms with Gasteiger partial charge in [-0.15, -0.1) is 0 Å². The molecule has 0 spiro atoms. The second kappa shape index (κ2) is 7.43. The molecule has 0 bridgehead atoms. The molecule has 4 rings (SSSR count). The Kier molecular flexibility index (Phi) is 4.86. The SMILES string of the molecule is Cc1ccc2cc(-c3nccn3CCCN3CCOCC3)c(=O)[nH]c2c1.